The number of aromatic nitrogens is 2. The van der Waals surface area contributed by atoms with E-state index in [0.717, 1.165) is 5.56 Å². The molecule has 3 rings (SSSR count). The third-order valence-corrected chi connectivity index (χ3v) is 5.71. The number of aryl methyl sites for hydroxylation is 1. The van der Waals surface area contributed by atoms with Gasteiger partial charge >= 0.3 is 5.97 Å². The van der Waals surface area contributed by atoms with Crippen LogP contribution in [0.1, 0.15) is 24.8 Å². The lowest BCUT2D eigenvalue weighted by Crippen LogP contribution is -2.30. The number of carboxylic acids is 1. The topological polar surface area (TPSA) is 92.5 Å². The number of benzene rings is 1. The predicted octanol–water partition coefficient (Wildman–Crippen LogP) is 1.67. The molecule has 2 heterocycles. The van der Waals surface area contributed by atoms with Gasteiger partial charge in [0.25, 0.3) is 10.0 Å². The number of sulfonamides is 1. The lowest BCUT2D eigenvalue weighted by atomic mass is 9.98. The zero-order valence-electron chi connectivity index (χ0n) is 12.6. The fourth-order valence-corrected chi connectivity index (χ4v) is 4.34. The molecule has 122 valence electrons. The van der Waals surface area contributed by atoms with E-state index in [2.05, 4.69) is 5.10 Å². The highest BCUT2D eigenvalue weighted by molar-refractivity contribution is 7.92. The quantitative estimate of drug-likeness (QED) is 0.897. The van der Waals surface area contributed by atoms with Crippen LogP contribution < -0.4 is 4.31 Å². The molecule has 1 aromatic heterocycles. The van der Waals surface area contributed by atoms with E-state index in [1.165, 1.54) is 16.7 Å². The molecule has 0 amide bonds. The van der Waals surface area contributed by atoms with Gasteiger partial charge in [0.1, 0.15) is 4.90 Å². The normalized spacial score (nSPS) is 17.3. The van der Waals surface area contributed by atoms with Crippen LogP contribution in [-0.4, -0.2) is 35.8 Å². The molecule has 1 aliphatic heterocycles. The first-order valence-corrected chi connectivity index (χ1v) is 8.73. The van der Waals surface area contributed by atoms with Crippen LogP contribution >= 0.6 is 0 Å². The van der Waals surface area contributed by atoms with E-state index in [1.54, 1.807) is 28.9 Å². The monoisotopic (exact) mass is 335 g/mol. The Bertz CT molecular complexity index is 844. The standard InChI is InChI=1S/C15H17N3O4S/c1-2-17-10-12(8-16-17)23(21,22)18-9-11(7-15(19)20)13-5-3-4-6-14(13)18/h3-6,8,10-11H,2,7,9H2,1H3,(H,19,20). The van der Waals surface area contributed by atoms with Gasteiger partial charge in [-0.15, -0.1) is 0 Å². The summed E-state index contributed by atoms with van der Waals surface area (Å²) in [6.45, 7) is 2.58. The van der Waals surface area contributed by atoms with Gasteiger partial charge in [0.2, 0.25) is 0 Å². The van der Waals surface area contributed by atoms with Gasteiger partial charge in [0.15, 0.2) is 0 Å². The summed E-state index contributed by atoms with van der Waals surface area (Å²) in [5, 5.41) is 13.1. The van der Waals surface area contributed by atoms with Crippen LogP contribution in [0, 0.1) is 0 Å². The average Bonchev–Trinajstić information content (AvgIpc) is 3.13. The maximum atomic E-state index is 12.9. The van der Waals surface area contributed by atoms with Crippen molar-refractivity contribution < 1.29 is 18.3 Å². The number of nitrogens with zero attached hydrogens (tertiary/aromatic N) is 3. The summed E-state index contributed by atoms with van der Waals surface area (Å²) >= 11 is 0. The minimum atomic E-state index is -3.75. The fourth-order valence-electron chi connectivity index (χ4n) is 2.85. The molecule has 7 nitrogen and oxygen atoms in total. The Balaban J connectivity index is 2.01. The van der Waals surface area contributed by atoms with Crippen LogP contribution in [-0.2, 0) is 21.4 Å². The van der Waals surface area contributed by atoms with Gasteiger partial charge in [-0.25, -0.2) is 8.42 Å². The molecule has 1 N–H and O–H groups in total. The summed E-state index contributed by atoms with van der Waals surface area (Å²) < 4.78 is 28.6. The van der Waals surface area contributed by atoms with E-state index in [1.807, 2.05) is 6.92 Å². The van der Waals surface area contributed by atoms with Crippen molar-refractivity contribution in [3.05, 3.63) is 42.2 Å². The Labute approximate surface area is 134 Å². The van der Waals surface area contributed by atoms with Crippen molar-refractivity contribution in [3.8, 4) is 0 Å². The number of hydrogen-bond donors (Lipinski definition) is 1. The zero-order chi connectivity index (χ0) is 16.6. The second kappa shape index (κ2) is 5.69. The highest BCUT2D eigenvalue weighted by Gasteiger charge is 2.37. The van der Waals surface area contributed by atoms with Crippen molar-refractivity contribution >= 4 is 21.7 Å². The van der Waals surface area contributed by atoms with E-state index < -0.39 is 16.0 Å². The third-order valence-electron chi connectivity index (χ3n) is 3.97. The summed E-state index contributed by atoms with van der Waals surface area (Å²) in [6, 6.07) is 7.03. The summed E-state index contributed by atoms with van der Waals surface area (Å²) in [5.41, 5.74) is 1.30. The molecule has 0 bridgehead atoms. The van der Waals surface area contributed by atoms with E-state index in [0.29, 0.717) is 12.2 Å². The van der Waals surface area contributed by atoms with Crippen molar-refractivity contribution in [2.24, 2.45) is 0 Å². The highest BCUT2D eigenvalue weighted by Crippen LogP contribution is 2.40. The maximum Gasteiger partial charge on any atom is 0.304 e. The van der Waals surface area contributed by atoms with E-state index in [-0.39, 0.29) is 23.8 Å². The molecule has 0 saturated heterocycles. The van der Waals surface area contributed by atoms with Crippen LogP contribution in [0.25, 0.3) is 0 Å². The molecule has 1 unspecified atom stereocenters. The number of carbonyl (C=O) groups is 1. The molecule has 1 aromatic carbocycles. The smallest absolute Gasteiger partial charge is 0.304 e. The molecule has 0 fully saturated rings. The Morgan fingerprint density at radius 1 is 1.39 bits per heavy atom. The van der Waals surface area contributed by atoms with Crippen molar-refractivity contribution in [3.63, 3.8) is 0 Å². The average molecular weight is 335 g/mol. The van der Waals surface area contributed by atoms with Gasteiger partial charge in [-0.05, 0) is 18.6 Å². The number of anilines is 1. The first kappa shape index (κ1) is 15.5. The van der Waals surface area contributed by atoms with Crippen molar-refractivity contribution in [1.29, 1.82) is 0 Å². The number of aliphatic carboxylic acids is 1. The van der Waals surface area contributed by atoms with Crippen LogP contribution in [0.5, 0.6) is 0 Å². The molecule has 0 aliphatic carbocycles. The summed E-state index contributed by atoms with van der Waals surface area (Å²) in [4.78, 5) is 11.2. The van der Waals surface area contributed by atoms with Crippen LogP contribution in [0.3, 0.4) is 0 Å². The Morgan fingerprint density at radius 2 is 2.13 bits per heavy atom. The number of carboxylic acid groups (broad SMARTS) is 1. The minimum absolute atomic E-state index is 0.0999. The molecule has 23 heavy (non-hydrogen) atoms. The lowest BCUT2D eigenvalue weighted by molar-refractivity contribution is -0.137. The van der Waals surface area contributed by atoms with Crippen molar-refractivity contribution in [2.75, 3.05) is 10.8 Å². The SMILES string of the molecule is CCn1cc(S(=O)(=O)N2CC(CC(=O)O)c3ccccc32)cn1. The summed E-state index contributed by atoms with van der Waals surface area (Å²) in [7, 11) is -3.75. The first-order valence-electron chi connectivity index (χ1n) is 7.29. The molecule has 0 radical (unpaired) electrons. The van der Waals surface area contributed by atoms with E-state index in [9.17, 15) is 13.2 Å². The molecule has 8 heteroatoms. The molecule has 0 saturated carbocycles. The highest BCUT2D eigenvalue weighted by atomic mass is 32.2. The first-order chi connectivity index (χ1) is 10.9. The Kier molecular flexibility index (Phi) is 3.85. The number of para-hydroxylation sites is 1. The second-order valence-corrected chi connectivity index (χ2v) is 7.28. The number of hydrogen-bond acceptors (Lipinski definition) is 4. The number of fused-ring (bicyclic) bond motifs is 1. The van der Waals surface area contributed by atoms with E-state index in [4.69, 9.17) is 5.11 Å². The number of rotatable bonds is 5. The lowest BCUT2D eigenvalue weighted by Gasteiger charge is -2.18. The Morgan fingerprint density at radius 3 is 2.78 bits per heavy atom. The molecule has 0 spiro atoms. The third kappa shape index (κ3) is 2.70. The molecule has 1 atom stereocenters. The van der Waals surface area contributed by atoms with Crippen molar-refractivity contribution in [1.82, 2.24) is 9.78 Å². The maximum absolute atomic E-state index is 12.9. The van der Waals surface area contributed by atoms with Gasteiger partial charge < -0.3 is 5.11 Å². The predicted molar refractivity (Wildman–Crippen MR) is 83.9 cm³/mol. The molecular weight excluding hydrogens is 318 g/mol. The van der Waals surface area contributed by atoms with E-state index >= 15 is 0 Å². The van der Waals surface area contributed by atoms with Crippen LogP contribution in [0.4, 0.5) is 5.69 Å². The summed E-state index contributed by atoms with van der Waals surface area (Å²) in [5.74, 6) is -1.29. The molecule has 1 aliphatic rings. The Hall–Kier alpha value is -2.35. The summed E-state index contributed by atoms with van der Waals surface area (Å²) in [6.07, 6.45) is 2.71. The van der Waals surface area contributed by atoms with Gasteiger partial charge in [-0.3, -0.25) is 13.8 Å². The zero-order valence-corrected chi connectivity index (χ0v) is 13.4. The van der Waals surface area contributed by atoms with Gasteiger partial charge in [0.05, 0.1) is 18.3 Å². The van der Waals surface area contributed by atoms with Crippen molar-refractivity contribution in [2.45, 2.75) is 30.7 Å². The van der Waals surface area contributed by atoms with Crippen LogP contribution in [0.15, 0.2) is 41.6 Å². The minimum Gasteiger partial charge on any atom is -0.481 e. The van der Waals surface area contributed by atoms with Gasteiger partial charge in [-0.1, -0.05) is 18.2 Å². The van der Waals surface area contributed by atoms with Gasteiger partial charge in [-0.2, -0.15) is 5.10 Å². The fraction of sp³-hybridized carbons (Fsp3) is 0.333. The van der Waals surface area contributed by atoms with Crippen LogP contribution in [0.2, 0.25) is 0 Å². The second-order valence-electron chi connectivity index (χ2n) is 5.42. The molecule has 2 aromatic rings. The van der Waals surface area contributed by atoms with Gasteiger partial charge in [0, 0.05) is 25.2 Å². The molecular formula is C15H17N3O4S. The largest absolute Gasteiger partial charge is 0.481 e.